The fourth-order valence-corrected chi connectivity index (χ4v) is 9.61. The van der Waals surface area contributed by atoms with Crippen molar-refractivity contribution in [2.24, 2.45) is 0 Å². The highest BCUT2D eigenvalue weighted by atomic mass is 15.0. The third-order valence-electron chi connectivity index (χ3n) is 12.5. The largest absolute Gasteiger partial charge is 0.292 e. The van der Waals surface area contributed by atoms with E-state index in [9.17, 15) is 0 Å². The van der Waals surface area contributed by atoms with Crippen LogP contribution in [0.3, 0.4) is 0 Å². The average Bonchev–Trinajstić information content (AvgIpc) is 3.73. The highest BCUT2D eigenvalue weighted by Crippen LogP contribution is 2.46. The van der Waals surface area contributed by atoms with Gasteiger partial charge in [-0.05, 0) is 144 Å². The Morgan fingerprint density at radius 3 is 1.89 bits per heavy atom. The summed E-state index contributed by atoms with van der Waals surface area (Å²) in [6.07, 6.45) is 10.3. The van der Waals surface area contributed by atoms with E-state index < -0.39 is 0 Å². The molecule has 3 heterocycles. The van der Waals surface area contributed by atoms with Crippen molar-refractivity contribution in [2.45, 2.75) is 6.92 Å². The van der Waals surface area contributed by atoms with Crippen LogP contribution in [-0.4, -0.2) is 14.4 Å². The molecule has 0 saturated carbocycles. The zero-order valence-corrected chi connectivity index (χ0v) is 34.1. The number of imidazole rings is 1. The van der Waals surface area contributed by atoms with Gasteiger partial charge in [0, 0.05) is 17.0 Å². The molecule has 0 spiro atoms. The van der Waals surface area contributed by atoms with Crippen LogP contribution in [0.15, 0.2) is 212 Å². The van der Waals surface area contributed by atoms with Crippen LogP contribution in [0.2, 0.25) is 0 Å². The first kappa shape index (κ1) is 35.8. The molecule has 12 aromatic rings. The van der Waals surface area contributed by atoms with Crippen molar-refractivity contribution >= 4 is 76.9 Å². The lowest BCUT2D eigenvalue weighted by atomic mass is 9.84. The zero-order valence-electron chi connectivity index (χ0n) is 34.1. The molecule has 0 aliphatic rings. The second-order valence-corrected chi connectivity index (χ2v) is 16.1. The molecule has 0 N–H and O–H groups in total. The van der Waals surface area contributed by atoms with Gasteiger partial charge in [-0.3, -0.25) is 9.38 Å². The smallest absolute Gasteiger partial charge is 0.147 e. The monoisotopic (exact) mass is 789 g/mol. The standard InChI is InChI=1S/C59H39N3/c1-2-3-4-13-38-14-11-17-45(34-38)57-48-19-8-7-18-47(48)56(46-28-27-39-15-5-6-16-42(39)35-46)49-31-29-43(36-51(49)57)40-23-25-41(26-24-40)44-30-32-54-52(37-44)58-50(20-12-33-60-58)59-61-53-21-9-10-22-55(53)62(54)59/h2-37H,1H3/b3-2-,13-4-. The maximum absolute atomic E-state index is 5.04. The van der Waals surface area contributed by atoms with Crippen molar-refractivity contribution < 1.29 is 0 Å². The molecule has 0 radical (unpaired) electrons. The maximum atomic E-state index is 5.04. The van der Waals surface area contributed by atoms with Crippen molar-refractivity contribution in [2.75, 3.05) is 0 Å². The van der Waals surface area contributed by atoms with Gasteiger partial charge in [0.2, 0.25) is 0 Å². The van der Waals surface area contributed by atoms with Gasteiger partial charge in [-0.2, -0.15) is 0 Å². The number of hydrogen-bond donors (Lipinski definition) is 0. The average molecular weight is 790 g/mol. The minimum atomic E-state index is 0.934. The van der Waals surface area contributed by atoms with Crippen LogP contribution in [0.25, 0.3) is 121 Å². The lowest BCUT2D eigenvalue weighted by Gasteiger charge is -2.19. The molecule has 3 aromatic heterocycles. The summed E-state index contributed by atoms with van der Waals surface area (Å²) in [5, 5.41) is 9.60. The Bertz CT molecular complexity index is 3810. The van der Waals surface area contributed by atoms with E-state index in [0.29, 0.717) is 0 Å². The van der Waals surface area contributed by atoms with Gasteiger partial charge in [0.05, 0.1) is 22.1 Å². The highest BCUT2D eigenvalue weighted by Gasteiger charge is 2.19. The first-order valence-corrected chi connectivity index (χ1v) is 21.3. The minimum Gasteiger partial charge on any atom is -0.292 e. The number of hydrogen-bond acceptors (Lipinski definition) is 2. The minimum absolute atomic E-state index is 0.934. The second kappa shape index (κ2) is 14.5. The Labute approximate surface area is 359 Å². The van der Waals surface area contributed by atoms with Gasteiger partial charge >= 0.3 is 0 Å². The summed E-state index contributed by atoms with van der Waals surface area (Å²) in [6.45, 7) is 2.05. The lowest BCUT2D eigenvalue weighted by Crippen LogP contribution is -1.93. The van der Waals surface area contributed by atoms with Gasteiger partial charge in [-0.15, -0.1) is 0 Å². The lowest BCUT2D eigenvalue weighted by molar-refractivity contribution is 1.30. The molecule has 0 aliphatic carbocycles. The molecule has 0 aliphatic heterocycles. The zero-order chi connectivity index (χ0) is 41.1. The van der Waals surface area contributed by atoms with E-state index in [2.05, 4.69) is 205 Å². The summed E-state index contributed by atoms with van der Waals surface area (Å²) >= 11 is 0. The molecule has 3 heteroatoms. The fraction of sp³-hybridized carbons (Fsp3) is 0.0169. The molecule has 0 saturated heterocycles. The summed E-state index contributed by atoms with van der Waals surface area (Å²) < 4.78 is 2.28. The van der Waals surface area contributed by atoms with E-state index in [4.69, 9.17) is 9.97 Å². The first-order chi connectivity index (χ1) is 30.7. The Hall–Kier alpha value is -8.14. The van der Waals surface area contributed by atoms with Crippen LogP contribution in [-0.2, 0) is 0 Å². The van der Waals surface area contributed by atoms with Crippen molar-refractivity contribution in [3.63, 3.8) is 0 Å². The molecule has 0 fully saturated rings. The van der Waals surface area contributed by atoms with E-state index in [1.54, 1.807) is 0 Å². The number of nitrogens with zero attached hydrogens (tertiary/aromatic N) is 3. The Morgan fingerprint density at radius 1 is 0.419 bits per heavy atom. The fourth-order valence-electron chi connectivity index (χ4n) is 9.61. The van der Waals surface area contributed by atoms with E-state index >= 15 is 0 Å². The third-order valence-corrected chi connectivity index (χ3v) is 12.5. The molecule has 0 atom stereocenters. The molecular weight excluding hydrogens is 751 g/mol. The molecule has 0 unspecified atom stereocenters. The number of para-hydroxylation sites is 2. The maximum Gasteiger partial charge on any atom is 0.147 e. The predicted octanol–water partition coefficient (Wildman–Crippen LogP) is 15.9. The summed E-state index contributed by atoms with van der Waals surface area (Å²) in [5.41, 5.74) is 15.8. The molecular formula is C59H39N3. The van der Waals surface area contributed by atoms with Crippen LogP contribution in [0.5, 0.6) is 0 Å². The Balaban J connectivity index is 1.02. The quantitative estimate of drug-likeness (QED) is 0.0954. The summed E-state index contributed by atoms with van der Waals surface area (Å²) in [4.78, 5) is 9.93. The third kappa shape index (κ3) is 5.82. The molecule has 3 nitrogen and oxygen atoms in total. The summed E-state index contributed by atoms with van der Waals surface area (Å²) in [6, 6.07) is 68.7. The van der Waals surface area contributed by atoms with E-state index in [1.165, 1.54) is 71.3 Å². The van der Waals surface area contributed by atoms with E-state index in [0.717, 1.165) is 49.6 Å². The van der Waals surface area contributed by atoms with Gasteiger partial charge in [-0.25, -0.2) is 4.98 Å². The van der Waals surface area contributed by atoms with E-state index in [1.807, 2.05) is 25.3 Å². The molecule has 0 bridgehead atoms. The molecule has 12 rings (SSSR count). The number of fused-ring (bicyclic) bond motifs is 11. The van der Waals surface area contributed by atoms with Crippen LogP contribution >= 0.6 is 0 Å². The number of rotatable bonds is 6. The topological polar surface area (TPSA) is 30.2 Å². The Kier molecular flexibility index (Phi) is 8.39. The molecule has 9 aromatic carbocycles. The summed E-state index contributed by atoms with van der Waals surface area (Å²) in [7, 11) is 0. The number of benzene rings is 9. The van der Waals surface area contributed by atoms with Gasteiger partial charge in [0.15, 0.2) is 0 Å². The molecule has 0 amide bonds. The SMILES string of the molecule is C/C=C\C=C/c1cccc(-c2c3ccccc3c(-c3ccc4ccccc4c3)c3ccc(-c4ccc(-c5ccc6c(c5)c5ncccc5c5nc7ccccc7n65)cc4)cc23)c1. The van der Waals surface area contributed by atoms with Crippen molar-refractivity contribution in [3.8, 4) is 44.5 Å². The molecule has 62 heavy (non-hydrogen) atoms. The van der Waals surface area contributed by atoms with Gasteiger partial charge in [-0.1, -0.05) is 158 Å². The van der Waals surface area contributed by atoms with Crippen LogP contribution in [0, 0.1) is 0 Å². The van der Waals surface area contributed by atoms with E-state index in [-0.39, 0.29) is 0 Å². The van der Waals surface area contributed by atoms with Crippen LogP contribution in [0.1, 0.15) is 12.5 Å². The second-order valence-electron chi connectivity index (χ2n) is 16.1. The Morgan fingerprint density at radius 2 is 1.06 bits per heavy atom. The number of pyridine rings is 2. The first-order valence-electron chi connectivity index (χ1n) is 21.3. The van der Waals surface area contributed by atoms with Gasteiger partial charge < -0.3 is 0 Å². The van der Waals surface area contributed by atoms with Crippen molar-refractivity contribution in [1.29, 1.82) is 0 Å². The number of aromatic nitrogens is 3. The number of allylic oxidation sites excluding steroid dienone is 3. The normalized spacial score (nSPS) is 12.1. The van der Waals surface area contributed by atoms with Crippen molar-refractivity contribution in [1.82, 2.24) is 14.4 Å². The van der Waals surface area contributed by atoms with Crippen molar-refractivity contribution in [3.05, 3.63) is 218 Å². The van der Waals surface area contributed by atoms with Crippen LogP contribution < -0.4 is 0 Å². The highest BCUT2D eigenvalue weighted by molar-refractivity contribution is 6.22. The predicted molar refractivity (Wildman–Crippen MR) is 264 cm³/mol. The van der Waals surface area contributed by atoms with Gasteiger partial charge in [0.1, 0.15) is 5.65 Å². The van der Waals surface area contributed by atoms with Crippen LogP contribution in [0.4, 0.5) is 0 Å². The molecule has 290 valence electrons. The van der Waals surface area contributed by atoms with Gasteiger partial charge in [0.25, 0.3) is 0 Å². The summed E-state index contributed by atoms with van der Waals surface area (Å²) in [5.74, 6) is 0.